The zero-order valence-corrected chi connectivity index (χ0v) is 25.8. The number of nitrogens with one attached hydrogen (secondary N) is 1. The van der Waals surface area contributed by atoms with E-state index in [2.05, 4.69) is 33.8 Å². The van der Waals surface area contributed by atoms with Gasteiger partial charge in [0.1, 0.15) is 23.3 Å². The van der Waals surface area contributed by atoms with Crippen LogP contribution in [0.2, 0.25) is 0 Å². The summed E-state index contributed by atoms with van der Waals surface area (Å²) in [6, 6.07) is 12.9. The Balaban J connectivity index is 1.36. The van der Waals surface area contributed by atoms with Crippen LogP contribution in [0.15, 0.2) is 67.8 Å². The fourth-order valence-corrected chi connectivity index (χ4v) is 5.55. The lowest BCUT2D eigenvalue weighted by Gasteiger charge is -2.34. The highest BCUT2D eigenvalue weighted by molar-refractivity contribution is 5.88. The summed E-state index contributed by atoms with van der Waals surface area (Å²) in [6.07, 6.45) is 7.81. The summed E-state index contributed by atoms with van der Waals surface area (Å²) in [5, 5.41) is 3.12. The van der Waals surface area contributed by atoms with E-state index in [9.17, 15) is 4.79 Å². The molecule has 9 nitrogen and oxygen atoms in total. The summed E-state index contributed by atoms with van der Waals surface area (Å²) in [7, 11) is 1.93. The van der Waals surface area contributed by atoms with Crippen LogP contribution in [0.1, 0.15) is 51.3 Å². The first-order chi connectivity index (χ1) is 21.2. The molecule has 0 saturated carbocycles. The summed E-state index contributed by atoms with van der Waals surface area (Å²) in [5.74, 6) is 0.869. The molecule has 44 heavy (non-hydrogen) atoms. The predicted octanol–water partition coefficient (Wildman–Crippen LogP) is 7.42. The molecule has 0 bridgehead atoms. The molecular formula is C34H38FN7O2. The van der Waals surface area contributed by atoms with E-state index in [0.717, 1.165) is 36.0 Å². The van der Waals surface area contributed by atoms with Crippen molar-refractivity contribution in [2.24, 2.45) is 7.05 Å². The second-order valence-electron chi connectivity index (χ2n) is 11.2. The average molecular weight is 596 g/mol. The second kappa shape index (κ2) is 13.2. The monoisotopic (exact) mass is 595 g/mol. The highest BCUT2D eigenvalue weighted by atomic mass is 19.1. The van der Waals surface area contributed by atoms with Crippen LogP contribution in [0.3, 0.4) is 0 Å². The molecule has 3 heterocycles. The minimum absolute atomic E-state index is 0.0607. The number of imidazole rings is 1. The zero-order chi connectivity index (χ0) is 31.4. The molecule has 0 aliphatic rings. The number of hydrogen-bond acceptors (Lipinski definition) is 7. The Hall–Kier alpha value is -4.86. The highest BCUT2D eigenvalue weighted by Gasteiger charge is 2.24. The van der Waals surface area contributed by atoms with Gasteiger partial charge in [-0.05, 0) is 82.5 Å². The van der Waals surface area contributed by atoms with Crippen molar-refractivity contribution in [3.63, 3.8) is 0 Å². The van der Waals surface area contributed by atoms with Crippen LogP contribution in [0.5, 0.6) is 11.5 Å². The number of halogens is 1. The smallest absolute Gasteiger partial charge is 0.246 e. The molecule has 0 spiro atoms. The van der Waals surface area contributed by atoms with Gasteiger partial charge in [0.2, 0.25) is 5.91 Å². The maximum absolute atomic E-state index is 15.6. The van der Waals surface area contributed by atoms with Gasteiger partial charge in [-0.15, -0.1) is 0 Å². The number of rotatable bonds is 12. The fourth-order valence-electron chi connectivity index (χ4n) is 5.55. The molecule has 228 valence electrons. The van der Waals surface area contributed by atoms with Crippen LogP contribution >= 0.6 is 0 Å². The number of fused-ring (bicyclic) bond motifs is 2. The van der Waals surface area contributed by atoms with Crippen LogP contribution < -0.4 is 10.1 Å². The van der Waals surface area contributed by atoms with Crippen molar-refractivity contribution < 1.29 is 13.9 Å². The summed E-state index contributed by atoms with van der Waals surface area (Å²) < 4.78 is 23.6. The molecule has 5 aromatic rings. The minimum atomic E-state index is -0.451. The van der Waals surface area contributed by atoms with Crippen molar-refractivity contribution in [3.05, 3.63) is 84.8 Å². The van der Waals surface area contributed by atoms with Crippen molar-refractivity contribution in [1.82, 2.24) is 29.4 Å². The minimum Gasteiger partial charge on any atom is -0.457 e. The standard InChI is InChI=1S/C34H38FN7O2/c1-7-9-24(42(21(3)4)31(43)8-2)12-10-23-11-14-27-33(39-23)34(37-19-36-27)40-26-15-17-30(22(5)32(26)35)44-25-13-16-29-28(18-25)38-20-41(29)6/h8,11,13-21,24H,2,7,9-10,12H2,1,3-6H3,(H,36,37,40). The summed E-state index contributed by atoms with van der Waals surface area (Å²) in [4.78, 5) is 32.5. The van der Waals surface area contributed by atoms with E-state index in [1.807, 2.05) is 60.7 Å². The van der Waals surface area contributed by atoms with Crippen LogP contribution in [-0.2, 0) is 18.3 Å². The van der Waals surface area contributed by atoms with Crippen molar-refractivity contribution in [3.8, 4) is 11.5 Å². The quantitative estimate of drug-likeness (QED) is 0.150. The van der Waals surface area contributed by atoms with Gasteiger partial charge in [0.15, 0.2) is 11.6 Å². The van der Waals surface area contributed by atoms with E-state index in [-0.39, 0.29) is 23.7 Å². The van der Waals surface area contributed by atoms with E-state index in [1.165, 1.54) is 12.4 Å². The van der Waals surface area contributed by atoms with Gasteiger partial charge < -0.3 is 19.5 Å². The fraction of sp³-hybridized carbons (Fsp3) is 0.324. The third-order valence-corrected chi connectivity index (χ3v) is 7.79. The number of aryl methyl sites for hydroxylation is 2. The molecule has 1 unspecified atom stereocenters. The predicted molar refractivity (Wildman–Crippen MR) is 172 cm³/mol. The van der Waals surface area contributed by atoms with E-state index in [4.69, 9.17) is 9.72 Å². The Labute approximate surface area is 256 Å². The maximum atomic E-state index is 15.6. The largest absolute Gasteiger partial charge is 0.457 e. The Morgan fingerprint density at radius 2 is 1.93 bits per heavy atom. The number of hydrogen-bond donors (Lipinski definition) is 1. The topological polar surface area (TPSA) is 98.1 Å². The van der Waals surface area contributed by atoms with Crippen molar-refractivity contribution in [2.45, 2.75) is 65.5 Å². The van der Waals surface area contributed by atoms with Crippen molar-refractivity contribution >= 4 is 39.5 Å². The van der Waals surface area contributed by atoms with Gasteiger partial charge in [-0.3, -0.25) is 4.79 Å². The molecule has 1 atom stereocenters. The first-order valence-corrected chi connectivity index (χ1v) is 14.9. The lowest BCUT2D eigenvalue weighted by atomic mass is 10.0. The van der Waals surface area contributed by atoms with Crippen LogP contribution in [0, 0.1) is 12.7 Å². The van der Waals surface area contributed by atoms with Gasteiger partial charge in [0, 0.05) is 36.5 Å². The highest BCUT2D eigenvalue weighted by Crippen LogP contribution is 2.33. The molecule has 3 aromatic heterocycles. The van der Waals surface area contributed by atoms with Gasteiger partial charge in [-0.25, -0.2) is 24.3 Å². The number of carbonyl (C=O) groups is 1. The summed E-state index contributed by atoms with van der Waals surface area (Å²) in [6.45, 7) is 11.5. The van der Waals surface area contributed by atoms with Crippen LogP contribution in [0.4, 0.5) is 15.9 Å². The number of ether oxygens (including phenoxy) is 1. The van der Waals surface area contributed by atoms with E-state index in [0.29, 0.717) is 40.3 Å². The molecule has 0 fully saturated rings. The molecule has 0 saturated heterocycles. The third-order valence-electron chi connectivity index (χ3n) is 7.79. The average Bonchev–Trinajstić information content (AvgIpc) is 3.39. The van der Waals surface area contributed by atoms with E-state index < -0.39 is 5.82 Å². The number of aromatic nitrogens is 5. The summed E-state index contributed by atoms with van der Waals surface area (Å²) in [5.41, 5.74) is 4.41. The number of amides is 1. The number of carbonyl (C=O) groups excluding carboxylic acids is 1. The summed E-state index contributed by atoms with van der Waals surface area (Å²) >= 11 is 0. The van der Waals surface area contributed by atoms with E-state index >= 15 is 4.39 Å². The van der Waals surface area contributed by atoms with Gasteiger partial charge in [0.25, 0.3) is 0 Å². The molecule has 0 aliphatic heterocycles. The zero-order valence-electron chi connectivity index (χ0n) is 25.8. The molecule has 0 radical (unpaired) electrons. The van der Waals surface area contributed by atoms with Gasteiger partial charge in [-0.2, -0.15) is 0 Å². The maximum Gasteiger partial charge on any atom is 0.246 e. The Morgan fingerprint density at radius 3 is 2.68 bits per heavy atom. The number of pyridine rings is 1. The molecule has 5 rings (SSSR count). The SMILES string of the molecule is C=CC(=O)N(C(C)C)C(CCC)CCc1ccc2ncnc(Nc3ccc(Oc4ccc5c(c4)ncn5C)c(C)c3F)c2n1. The first kappa shape index (κ1) is 30.6. The lowest BCUT2D eigenvalue weighted by molar-refractivity contribution is -0.130. The van der Waals surface area contributed by atoms with Gasteiger partial charge in [-0.1, -0.05) is 19.9 Å². The number of benzene rings is 2. The molecular weight excluding hydrogens is 557 g/mol. The van der Waals surface area contributed by atoms with Crippen molar-refractivity contribution in [1.29, 1.82) is 0 Å². The first-order valence-electron chi connectivity index (χ1n) is 14.9. The van der Waals surface area contributed by atoms with Gasteiger partial charge in [0.05, 0.1) is 28.6 Å². The Bertz CT molecular complexity index is 1820. The Kier molecular flexibility index (Phi) is 9.18. The van der Waals surface area contributed by atoms with Crippen LogP contribution in [0.25, 0.3) is 22.1 Å². The molecule has 2 aromatic carbocycles. The van der Waals surface area contributed by atoms with E-state index in [1.54, 1.807) is 25.4 Å². The van der Waals surface area contributed by atoms with Gasteiger partial charge >= 0.3 is 0 Å². The normalized spacial score (nSPS) is 12.1. The molecule has 1 amide bonds. The van der Waals surface area contributed by atoms with Crippen molar-refractivity contribution in [2.75, 3.05) is 5.32 Å². The molecule has 1 N–H and O–H groups in total. The Morgan fingerprint density at radius 1 is 1.11 bits per heavy atom. The number of anilines is 2. The molecule has 10 heteroatoms. The lowest BCUT2D eigenvalue weighted by Crippen LogP contribution is -2.44. The second-order valence-corrected chi connectivity index (χ2v) is 11.2. The third kappa shape index (κ3) is 6.39. The molecule has 0 aliphatic carbocycles. The van der Waals surface area contributed by atoms with Crippen LogP contribution in [-0.4, -0.2) is 47.4 Å². The number of nitrogens with zero attached hydrogens (tertiary/aromatic N) is 6.